The number of hydrogen-bond donors (Lipinski definition) is 1. The molecule has 1 aromatic rings. The molecule has 0 radical (unpaired) electrons. The first-order chi connectivity index (χ1) is 9.52. The number of nitrogens with zero attached hydrogens (tertiary/aromatic N) is 2. The monoisotopic (exact) mass is 277 g/mol. The largest absolute Gasteiger partial charge is 0.364 e. The predicted octanol–water partition coefficient (Wildman–Crippen LogP) is 1.24. The van der Waals surface area contributed by atoms with Crippen LogP contribution in [0.25, 0.3) is 0 Å². The van der Waals surface area contributed by atoms with E-state index < -0.39 is 0 Å². The van der Waals surface area contributed by atoms with Crippen molar-refractivity contribution < 1.29 is 4.79 Å². The number of carbonyl (C=O) groups is 1. The molecule has 1 amide bonds. The van der Waals surface area contributed by atoms with E-state index in [0.717, 1.165) is 38.2 Å². The van der Waals surface area contributed by atoms with Crippen LogP contribution in [0.3, 0.4) is 0 Å². The summed E-state index contributed by atoms with van der Waals surface area (Å²) in [6, 6.07) is 1.70. The van der Waals surface area contributed by atoms with Crippen molar-refractivity contribution in [2.75, 3.05) is 26.7 Å². The van der Waals surface area contributed by atoms with Crippen molar-refractivity contribution in [1.29, 1.82) is 0 Å². The lowest BCUT2D eigenvalue weighted by molar-refractivity contribution is 0.0645. The molecule has 20 heavy (non-hydrogen) atoms. The maximum Gasteiger partial charge on any atom is 0.259 e. The average molecular weight is 277 g/mol. The molecule has 0 bridgehead atoms. The molecule has 2 heterocycles. The minimum Gasteiger partial charge on any atom is -0.364 e. The Labute approximate surface area is 119 Å². The Morgan fingerprint density at radius 3 is 2.65 bits per heavy atom. The Hall–Kier alpha value is -1.62. The molecule has 0 aromatic carbocycles. The van der Waals surface area contributed by atoms with E-state index >= 15 is 0 Å². The van der Waals surface area contributed by atoms with Crippen LogP contribution < -0.4 is 5.43 Å². The average Bonchev–Trinajstić information content (AvgIpc) is 2.46. The maximum atomic E-state index is 12.4. The maximum absolute atomic E-state index is 12.4. The third-order valence-corrected chi connectivity index (χ3v) is 4.16. The number of rotatable bonds is 3. The quantitative estimate of drug-likeness (QED) is 0.904. The Balaban J connectivity index is 2.07. The number of pyridine rings is 1. The first kappa shape index (κ1) is 14.8. The number of carbonyl (C=O) groups excluding carboxylic acids is 1. The van der Waals surface area contributed by atoms with Gasteiger partial charge in [-0.3, -0.25) is 9.59 Å². The van der Waals surface area contributed by atoms with Crippen LogP contribution in [-0.4, -0.2) is 53.4 Å². The summed E-state index contributed by atoms with van der Waals surface area (Å²) in [4.78, 5) is 31.4. The van der Waals surface area contributed by atoms with Gasteiger partial charge in [-0.1, -0.05) is 6.92 Å². The highest BCUT2D eigenvalue weighted by atomic mass is 16.2. The first-order valence-electron chi connectivity index (χ1n) is 7.21. The molecule has 2 rings (SSSR count). The smallest absolute Gasteiger partial charge is 0.259 e. The second-order valence-corrected chi connectivity index (χ2v) is 5.48. The van der Waals surface area contributed by atoms with Crippen LogP contribution in [0, 0.1) is 6.92 Å². The SMILES string of the molecule is CCN1CCC(N(C)C(=O)c2c[nH]c(C)cc2=O)CC1. The molecule has 0 unspecified atom stereocenters. The van der Waals surface area contributed by atoms with Crippen LogP contribution in [0.4, 0.5) is 0 Å². The van der Waals surface area contributed by atoms with E-state index in [2.05, 4.69) is 16.8 Å². The molecule has 1 N–H and O–H groups in total. The van der Waals surface area contributed by atoms with Gasteiger partial charge >= 0.3 is 0 Å². The van der Waals surface area contributed by atoms with Crippen LogP contribution >= 0.6 is 0 Å². The molecule has 5 heteroatoms. The zero-order valence-electron chi connectivity index (χ0n) is 12.5. The van der Waals surface area contributed by atoms with Gasteiger partial charge in [0.2, 0.25) is 0 Å². The summed E-state index contributed by atoms with van der Waals surface area (Å²) in [7, 11) is 1.80. The van der Waals surface area contributed by atoms with Gasteiger partial charge in [-0.2, -0.15) is 0 Å². The predicted molar refractivity (Wildman–Crippen MR) is 79.0 cm³/mol. The molecule has 1 fully saturated rings. The van der Waals surface area contributed by atoms with Crippen molar-refractivity contribution in [2.45, 2.75) is 32.7 Å². The van der Waals surface area contributed by atoms with Crippen LogP contribution in [0.5, 0.6) is 0 Å². The Bertz CT molecular complexity index is 530. The molecule has 0 saturated carbocycles. The first-order valence-corrected chi connectivity index (χ1v) is 7.21. The lowest BCUT2D eigenvalue weighted by Gasteiger charge is -2.36. The second kappa shape index (κ2) is 6.22. The molecule has 0 aliphatic carbocycles. The van der Waals surface area contributed by atoms with Crippen molar-refractivity contribution in [3.8, 4) is 0 Å². The van der Waals surface area contributed by atoms with Gasteiger partial charge in [0.1, 0.15) is 5.56 Å². The molecule has 5 nitrogen and oxygen atoms in total. The molecular formula is C15H23N3O2. The van der Waals surface area contributed by atoms with Gasteiger partial charge in [0.25, 0.3) is 5.91 Å². The van der Waals surface area contributed by atoms with E-state index in [0.29, 0.717) is 0 Å². The van der Waals surface area contributed by atoms with Gasteiger partial charge < -0.3 is 14.8 Å². The van der Waals surface area contributed by atoms with Crippen molar-refractivity contribution in [1.82, 2.24) is 14.8 Å². The molecule has 110 valence electrons. The van der Waals surface area contributed by atoms with Crippen molar-refractivity contribution >= 4 is 5.91 Å². The van der Waals surface area contributed by atoms with E-state index in [4.69, 9.17) is 0 Å². The third kappa shape index (κ3) is 3.10. The molecule has 1 saturated heterocycles. The van der Waals surface area contributed by atoms with E-state index in [-0.39, 0.29) is 22.9 Å². The Morgan fingerprint density at radius 1 is 1.45 bits per heavy atom. The molecule has 0 atom stereocenters. The lowest BCUT2D eigenvalue weighted by atomic mass is 10.0. The highest BCUT2D eigenvalue weighted by Gasteiger charge is 2.26. The fraction of sp³-hybridized carbons (Fsp3) is 0.600. The van der Waals surface area contributed by atoms with Gasteiger partial charge in [-0.05, 0) is 26.3 Å². The Kier molecular flexibility index (Phi) is 4.60. The van der Waals surface area contributed by atoms with E-state index in [1.807, 2.05) is 0 Å². The summed E-state index contributed by atoms with van der Waals surface area (Å²) in [6.45, 7) is 7.05. The van der Waals surface area contributed by atoms with Gasteiger partial charge in [0.05, 0.1) is 0 Å². The van der Waals surface area contributed by atoms with Crippen LogP contribution in [0.15, 0.2) is 17.1 Å². The van der Waals surface area contributed by atoms with E-state index in [1.54, 1.807) is 18.9 Å². The standard InChI is InChI=1S/C15H23N3O2/c1-4-18-7-5-12(6-8-18)17(3)15(20)13-10-16-11(2)9-14(13)19/h9-10,12H,4-8H2,1-3H3,(H,16,19). The fourth-order valence-corrected chi connectivity index (χ4v) is 2.72. The summed E-state index contributed by atoms with van der Waals surface area (Å²) >= 11 is 0. The van der Waals surface area contributed by atoms with Gasteiger partial charge in [0.15, 0.2) is 5.43 Å². The van der Waals surface area contributed by atoms with Gasteiger partial charge in [-0.25, -0.2) is 0 Å². The Morgan fingerprint density at radius 2 is 2.10 bits per heavy atom. The van der Waals surface area contributed by atoms with Crippen molar-refractivity contribution in [2.24, 2.45) is 0 Å². The van der Waals surface area contributed by atoms with E-state index in [1.165, 1.54) is 12.3 Å². The number of aromatic amines is 1. The highest BCUT2D eigenvalue weighted by Crippen LogP contribution is 2.16. The zero-order valence-corrected chi connectivity index (χ0v) is 12.5. The molecule has 1 aliphatic rings. The number of H-pyrrole nitrogens is 1. The molecule has 1 aliphatic heterocycles. The summed E-state index contributed by atoms with van der Waals surface area (Å²) in [6.07, 6.45) is 3.47. The number of aryl methyl sites for hydroxylation is 1. The number of nitrogens with one attached hydrogen (secondary N) is 1. The minimum atomic E-state index is -0.205. The molecular weight excluding hydrogens is 254 g/mol. The van der Waals surface area contributed by atoms with Crippen molar-refractivity contribution in [3.63, 3.8) is 0 Å². The number of likely N-dealkylation sites (tertiary alicyclic amines) is 1. The van der Waals surface area contributed by atoms with Crippen molar-refractivity contribution in [3.05, 3.63) is 33.7 Å². The van der Waals surface area contributed by atoms with E-state index in [9.17, 15) is 9.59 Å². The highest BCUT2D eigenvalue weighted by molar-refractivity contribution is 5.93. The zero-order chi connectivity index (χ0) is 14.7. The van der Waals surface area contributed by atoms with Crippen LogP contribution in [0.1, 0.15) is 35.8 Å². The topological polar surface area (TPSA) is 56.4 Å². The number of piperidine rings is 1. The second-order valence-electron chi connectivity index (χ2n) is 5.48. The third-order valence-electron chi connectivity index (χ3n) is 4.16. The summed E-state index contributed by atoms with van der Waals surface area (Å²) < 4.78 is 0. The number of amides is 1. The fourth-order valence-electron chi connectivity index (χ4n) is 2.72. The van der Waals surface area contributed by atoms with Gasteiger partial charge in [-0.15, -0.1) is 0 Å². The molecule has 1 aromatic heterocycles. The number of hydrogen-bond acceptors (Lipinski definition) is 3. The summed E-state index contributed by atoms with van der Waals surface area (Å²) in [5.74, 6) is -0.179. The molecule has 0 spiro atoms. The van der Waals surface area contributed by atoms with Crippen LogP contribution in [0.2, 0.25) is 0 Å². The number of aromatic nitrogens is 1. The lowest BCUT2D eigenvalue weighted by Crippen LogP contribution is -2.46. The summed E-state index contributed by atoms with van der Waals surface area (Å²) in [5, 5.41) is 0. The summed E-state index contributed by atoms with van der Waals surface area (Å²) in [5.41, 5.74) is 0.797. The van der Waals surface area contributed by atoms with Gasteiger partial charge in [0, 0.05) is 44.1 Å². The minimum absolute atomic E-state index is 0.179. The van der Waals surface area contributed by atoms with Crippen LogP contribution in [-0.2, 0) is 0 Å². The normalized spacial score (nSPS) is 17.1.